The van der Waals surface area contributed by atoms with E-state index in [4.69, 9.17) is 5.73 Å². The summed E-state index contributed by atoms with van der Waals surface area (Å²) in [5.41, 5.74) is 9.29. The van der Waals surface area contributed by atoms with Crippen molar-refractivity contribution in [1.29, 1.82) is 0 Å². The Morgan fingerprint density at radius 1 is 0.824 bits per heavy atom. The Morgan fingerprint density at radius 3 is 1.94 bits per heavy atom. The maximum absolute atomic E-state index is 5.68. The van der Waals surface area contributed by atoms with Crippen molar-refractivity contribution < 1.29 is 0 Å². The summed E-state index contributed by atoms with van der Waals surface area (Å²) in [6.07, 6.45) is 2.24. The van der Waals surface area contributed by atoms with Gasteiger partial charge in [-0.25, -0.2) is 0 Å². The molecule has 0 spiro atoms. The Labute approximate surface area is 103 Å². The number of benzene rings is 2. The van der Waals surface area contributed by atoms with Gasteiger partial charge in [0.15, 0.2) is 0 Å². The molecule has 0 bridgehead atoms. The van der Waals surface area contributed by atoms with Gasteiger partial charge in [0.1, 0.15) is 0 Å². The second-order valence-corrected chi connectivity index (χ2v) is 4.74. The van der Waals surface area contributed by atoms with Crippen LogP contribution in [0.15, 0.2) is 54.6 Å². The first-order chi connectivity index (χ1) is 8.24. The van der Waals surface area contributed by atoms with Gasteiger partial charge in [-0.15, -0.1) is 0 Å². The van der Waals surface area contributed by atoms with Crippen molar-refractivity contribution in [1.82, 2.24) is 0 Å². The molecule has 0 amide bonds. The molecule has 0 fully saturated rings. The highest BCUT2D eigenvalue weighted by Crippen LogP contribution is 2.15. The van der Waals surface area contributed by atoms with Crippen molar-refractivity contribution in [3.05, 3.63) is 65.7 Å². The molecule has 17 heavy (non-hydrogen) atoms. The average Bonchev–Trinajstić information content (AvgIpc) is 2.33. The summed E-state index contributed by atoms with van der Waals surface area (Å²) in [6.45, 7) is 2.29. The quantitative estimate of drug-likeness (QED) is 0.789. The van der Waals surface area contributed by atoms with Crippen LogP contribution in [0.2, 0.25) is 0 Å². The Morgan fingerprint density at radius 2 is 1.35 bits per heavy atom. The third-order valence-corrected chi connectivity index (χ3v) is 2.99. The maximum Gasteiger partial charge on any atom is 0.0314 e. The molecule has 1 unspecified atom stereocenters. The third kappa shape index (κ3) is 3.63. The monoisotopic (exact) mass is 225 g/mol. The van der Waals surface area contributed by atoms with Crippen LogP contribution in [0.4, 0.5) is 5.69 Å². The van der Waals surface area contributed by atoms with Crippen molar-refractivity contribution >= 4 is 5.69 Å². The molecule has 0 aliphatic rings. The summed E-state index contributed by atoms with van der Waals surface area (Å²) in [5, 5.41) is 0. The normalized spacial score (nSPS) is 12.3. The Hall–Kier alpha value is -1.76. The minimum atomic E-state index is 0.654. The fraction of sp³-hybridized carbons (Fsp3) is 0.250. The van der Waals surface area contributed by atoms with Gasteiger partial charge < -0.3 is 5.73 Å². The maximum atomic E-state index is 5.68. The highest BCUT2D eigenvalue weighted by atomic mass is 14.5. The van der Waals surface area contributed by atoms with Gasteiger partial charge in [-0.2, -0.15) is 0 Å². The standard InChI is InChI=1S/C16H19N/c1-13(11-14-5-3-2-4-6-14)12-15-7-9-16(17)10-8-15/h2-10,13H,11-12,17H2,1H3. The summed E-state index contributed by atoms with van der Waals surface area (Å²) in [7, 11) is 0. The Balaban J connectivity index is 1.93. The first kappa shape index (κ1) is 11.7. The molecule has 2 N–H and O–H groups in total. The van der Waals surface area contributed by atoms with Gasteiger partial charge in [0.05, 0.1) is 0 Å². The molecule has 88 valence electrons. The molecule has 1 heteroatoms. The van der Waals surface area contributed by atoms with Crippen LogP contribution in [0.25, 0.3) is 0 Å². The van der Waals surface area contributed by atoms with E-state index in [0.29, 0.717) is 5.92 Å². The van der Waals surface area contributed by atoms with Gasteiger partial charge in [0, 0.05) is 5.69 Å². The molecule has 0 heterocycles. The van der Waals surface area contributed by atoms with Crippen molar-refractivity contribution in [2.45, 2.75) is 19.8 Å². The first-order valence-electron chi connectivity index (χ1n) is 6.12. The van der Waals surface area contributed by atoms with Crippen molar-refractivity contribution in [2.75, 3.05) is 5.73 Å². The number of nitrogens with two attached hydrogens (primary N) is 1. The van der Waals surface area contributed by atoms with Crippen LogP contribution < -0.4 is 5.73 Å². The average molecular weight is 225 g/mol. The van der Waals surface area contributed by atoms with Crippen molar-refractivity contribution in [3.63, 3.8) is 0 Å². The number of hydrogen-bond acceptors (Lipinski definition) is 1. The summed E-state index contributed by atoms with van der Waals surface area (Å²) in [5.74, 6) is 0.654. The second kappa shape index (κ2) is 5.53. The lowest BCUT2D eigenvalue weighted by Crippen LogP contribution is -2.03. The van der Waals surface area contributed by atoms with Gasteiger partial charge in [-0.1, -0.05) is 49.4 Å². The van der Waals surface area contributed by atoms with E-state index in [1.807, 2.05) is 12.1 Å². The van der Waals surface area contributed by atoms with E-state index in [2.05, 4.69) is 49.4 Å². The highest BCUT2D eigenvalue weighted by Gasteiger charge is 2.04. The molecule has 2 aromatic rings. The first-order valence-corrected chi connectivity index (χ1v) is 6.12. The largest absolute Gasteiger partial charge is 0.399 e. The van der Waals surface area contributed by atoms with Crippen LogP contribution >= 0.6 is 0 Å². The zero-order valence-electron chi connectivity index (χ0n) is 10.3. The van der Waals surface area contributed by atoms with E-state index in [-0.39, 0.29) is 0 Å². The second-order valence-electron chi connectivity index (χ2n) is 4.74. The molecule has 0 saturated carbocycles. The predicted molar refractivity (Wildman–Crippen MR) is 73.9 cm³/mol. The van der Waals surface area contributed by atoms with Crippen LogP contribution in [0.3, 0.4) is 0 Å². The van der Waals surface area contributed by atoms with Crippen LogP contribution in [-0.4, -0.2) is 0 Å². The van der Waals surface area contributed by atoms with Crippen LogP contribution in [-0.2, 0) is 12.8 Å². The van der Waals surface area contributed by atoms with Gasteiger partial charge in [0.25, 0.3) is 0 Å². The SMILES string of the molecule is CC(Cc1ccccc1)Cc1ccc(N)cc1. The fourth-order valence-corrected chi connectivity index (χ4v) is 2.14. The predicted octanol–water partition coefficient (Wildman–Crippen LogP) is 3.69. The van der Waals surface area contributed by atoms with E-state index in [0.717, 1.165) is 18.5 Å². The van der Waals surface area contributed by atoms with Gasteiger partial charge >= 0.3 is 0 Å². The van der Waals surface area contributed by atoms with Crippen molar-refractivity contribution in [2.24, 2.45) is 5.92 Å². The molecule has 0 aliphatic heterocycles. The van der Waals surface area contributed by atoms with Crippen LogP contribution in [0, 0.1) is 5.92 Å². The molecule has 1 atom stereocenters. The lowest BCUT2D eigenvalue weighted by molar-refractivity contribution is 0.577. The molecule has 0 saturated heterocycles. The highest BCUT2D eigenvalue weighted by molar-refractivity contribution is 5.39. The number of hydrogen-bond donors (Lipinski definition) is 1. The smallest absolute Gasteiger partial charge is 0.0314 e. The van der Waals surface area contributed by atoms with E-state index >= 15 is 0 Å². The lowest BCUT2D eigenvalue weighted by atomic mass is 9.94. The molecular formula is C16H19N. The van der Waals surface area contributed by atoms with Crippen LogP contribution in [0.5, 0.6) is 0 Å². The van der Waals surface area contributed by atoms with Crippen molar-refractivity contribution in [3.8, 4) is 0 Å². The summed E-state index contributed by atoms with van der Waals surface area (Å²) < 4.78 is 0. The number of rotatable bonds is 4. The summed E-state index contributed by atoms with van der Waals surface area (Å²) in [4.78, 5) is 0. The van der Waals surface area contributed by atoms with E-state index in [1.54, 1.807) is 0 Å². The number of nitrogen functional groups attached to an aromatic ring is 1. The molecule has 0 aliphatic carbocycles. The summed E-state index contributed by atoms with van der Waals surface area (Å²) in [6, 6.07) is 18.9. The summed E-state index contributed by atoms with van der Waals surface area (Å²) >= 11 is 0. The molecule has 1 nitrogen and oxygen atoms in total. The van der Waals surface area contributed by atoms with Gasteiger partial charge in [-0.05, 0) is 42.0 Å². The van der Waals surface area contributed by atoms with Crippen LogP contribution in [0.1, 0.15) is 18.1 Å². The van der Waals surface area contributed by atoms with Gasteiger partial charge in [-0.3, -0.25) is 0 Å². The zero-order valence-corrected chi connectivity index (χ0v) is 10.3. The molecule has 2 aromatic carbocycles. The topological polar surface area (TPSA) is 26.0 Å². The van der Waals surface area contributed by atoms with E-state index in [1.165, 1.54) is 11.1 Å². The minimum Gasteiger partial charge on any atom is -0.399 e. The lowest BCUT2D eigenvalue weighted by Gasteiger charge is -2.11. The Bertz CT molecular complexity index is 445. The fourth-order valence-electron chi connectivity index (χ4n) is 2.14. The molecule has 0 aromatic heterocycles. The molecule has 0 radical (unpaired) electrons. The van der Waals surface area contributed by atoms with E-state index in [9.17, 15) is 0 Å². The van der Waals surface area contributed by atoms with Gasteiger partial charge in [0.2, 0.25) is 0 Å². The number of anilines is 1. The third-order valence-electron chi connectivity index (χ3n) is 2.99. The minimum absolute atomic E-state index is 0.654. The molecular weight excluding hydrogens is 206 g/mol. The Kier molecular flexibility index (Phi) is 3.81. The van der Waals surface area contributed by atoms with E-state index < -0.39 is 0 Å². The zero-order chi connectivity index (χ0) is 12.1. The molecule has 2 rings (SSSR count).